The maximum atomic E-state index is 11.3. The fourth-order valence-corrected chi connectivity index (χ4v) is 2.10. The zero-order valence-corrected chi connectivity index (χ0v) is 8.78. The van der Waals surface area contributed by atoms with E-state index in [9.17, 15) is 9.90 Å². The van der Waals surface area contributed by atoms with Crippen LogP contribution in [0.2, 0.25) is 0 Å². The number of fused-ring (bicyclic) bond motifs is 1. The maximum absolute atomic E-state index is 11.3. The molecule has 1 aromatic heterocycles. The minimum atomic E-state index is -1.48. The molecule has 5 nitrogen and oxygen atoms in total. The molecule has 1 aliphatic carbocycles. The average Bonchev–Trinajstić information content (AvgIpc) is 2.60. The molecule has 0 radical (unpaired) electrons. The van der Waals surface area contributed by atoms with Crippen LogP contribution in [0.3, 0.4) is 0 Å². The molecule has 0 fully saturated rings. The van der Waals surface area contributed by atoms with Crippen molar-refractivity contribution in [2.75, 3.05) is 0 Å². The molecule has 1 aliphatic rings. The van der Waals surface area contributed by atoms with Crippen molar-refractivity contribution in [1.82, 2.24) is 5.16 Å². The summed E-state index contributed by atoms with van der Waals surface area (Å²) in [6.07, 6.45) is 3.03. The van der Waals surface area contributed by atoms with E-state index in [2.05, 4.69) is 5.16 Å². The Labute approximate surface area is 87.2 Å². The minimum absolute atomic E-state index is 0.297. The standard InChI is InChI=1S/C10H14N2O3/c1-9(2)4-3-6-5-12-15-7(6)10(9,11)8(13)14/h5H,3-4,11H2,1-2H3,(H,13,14). The van der Waals surface area contributed by atoms with E-state index in [4.69, 9.17) is 10.3 Å². The largest absolute Gasteiger partial charge is 0.480 e. The lowest BCUT2D eigenvalue weighted by Gasteiger charge is -2.42. The van der Waals surface area contributed by atoms with Crippen LogP contribution in [0, 0.1) is 5.41 Å². The van der Waals surface area contributed by atoms with Crippen molar-refractivity contribution in [3.63, 3.8) is 0 Å². The van der Waals surface area contributed by atoms with Crippen molar-refractivity contribution in [2.24, 2.45) is 11.1 Å². The highest BCUT2D eigenvalue weighted by molar-refractivity contribution is 5.81. The number of aryl methyl sites for hydroxylation is 1. The molecule has 1 heterocycles. The van der Waals surface area contributed by atoms with Crippen LogP contribution < -0.4 is 5.73 Å². The van der Waals surface area contributed by atoms with Gasteiger partial charge >= 0.3 is 5.97 Å². The van der Waals surface area contributed by atoms with E-state index in [1.807, 2.05) is 13.8 Å². The Balaban J connectivity index is 2.64. The first-order chi connectivity index (χ1) is 6.89. The third-order valence-corrected chi connectivity index (χ3v) is 3.43. The summed E-state index contributed by atoms with van der Waals surface area (Å²) < 4.78 is 5.01. The van der Waals surface area contributed by atoms with Gasteiger partial charge in [0.1, 0.15) is 0 Å². The molecule has 2 rings (SSSR count). The maximum Gasteiger partial charge on any atom is 0.332 e. The zero-order valence-electron chi connectivity index (χ0n) is 8.78. The summed E-state index contributed by atoms with van der Waals surface area (Å²) in [6.45, 7) is 3.68. The second-order valence-electron chi connectivity index (χ2n) is 4.68. The molecule has 15 heavy (non-hydrogen) atoms. The first-order valence-electron chi connectivity index (χ1n) is 4.86. The molecule has 1 unspecified atom stereocenters. The number of rotatable bonds is 1. The molecule has 1 aromatic rings. The average molecular weight is 210 g/mol. The molecule has 0 spiro atoms. The molecule has 0 aromatic carbocycles. The lowest BCUT2D eigenvalue weighted by molar-refractivity contribution is -0.151. The van der Waals surface area contributed by atoms with Gasteiger partial charge in [0.15, 0.2) is 11.3 Å². The first-order valence-corrected chi connectivity index (χ1v) is 4.86. The van der Waals surface area contributed by atoms with Crippen LogP contribution in [-0.4, -0.2) is 16.2 Å². The third kappa shape index (κ3) is 1.13. The number of carboxylic acid groups (broad SMARTS) is 1. The van der Waals surface area contributed by atoms with Gasteiger partial charge in [-0.2, -0.15) is 0 Å². The zero-order chi connectivity index (χ0) is 11.3. The van der Waals surface area contributed by atoms with Crippen molar-refractivity contribution in [3.05, 3.63) is 17.5 Å². The Bertz CT molecular complexity index is 411. The Hall–Kier alpha value is -1.36. The van der Waals surface area contributed by atoms with E-state index in [0.29, 0.717) is 12.2 Å². The predicted molar refractivity (Wildman–Crippen MR) is 52.1 cm³/mol. The monoisotopic (exact) mass is 210 g/mol. The Morgan fingerprint density at radius 3 is 2.93 bits per heavy atom. The fraction of sp³-hybridized carbons (Fsp3) is 0.600. The molecule has 0 saturated heterocycles. The second kappa shape index (κ2) is 2.82. The van der Waals surface area contributed by atoms with Gasteiger partial charge in [0.25, 0.3) is 0 Å². The Kier molecular flexibility index (Phi) is 1.91. The topological polar surface area (TPSA) is 89.4 Å². The summed E-state index contributed by atoms with van der Waals surface area (Å²) in [5, 5.41) is 12.9. The van der Waals surface area contributed by atoms with Gasteiger partial charge in [0.05, 0.1) is 6.20 Å². The molecule has 0 aliphatic heterocycles. The summed E-state index contributed by atoms with van der Waals surface area (Å²) in [4.78, 5) is 11.3. The molecular formula is C10H14N2O3. The summed E-state index contributed by atoms with van der Waals surface area (Å²) in [7, 11) is 0. The van der Waals surface area contributed by atoms with E-state index in [1.165, 1.54) is 0 Å². The SMILES string of the molecule is CC1(C)CCc2cnoc2C1(N)C(=O)O. The van der Waals surface area contributed by atoms with Gasteiger partial charge < -0.3 is 15.4 Å². The van der Waals surface area contributed by atoms with Gasteiger partial charge in [-0.1, -0.05) is 19.0 Å². The van der Waals surface area contributed by atoms with Gasteiger partial charge in [-0.3, -0.25) is 0 Å². The molecule has 3 N–H and O–H groups in total. The summed E-state index contributed by atoms with van der Waals surface area (Å²) in [6, 6.07) is 0. The van der Waals surface area contributed by atoms with E-state index in [0.717, 1.165) is 12.0 Å². The van der Waals surface area contributed by atoms with Crippen LogP contribution in [0.5, 0.6) is 0 Å². The fourth-order valence-electron chi connectivity index (χ4n) is 2.10. The van der Waals surface area contributed by atoms with Crippen molar-refractivity contribution >= 4 is 5.97 Å². The number of hydrogen-bond acceptors (Lipinski definition) is 4. The lowest BCUT2D eigenvalue weighted by Crippen LogP contribution is -2.58. The molecule has 0 saturated carbocycles. The van der Waals surface area contributed by atoms with Crippen molar-refractivity contribution in [3.8, 4) is 0 Å². The van der Waals surface area contributed by atoms with Crippen LogP contribution in [0.4, 0.5) is 0 Å². The van der Waals surface area contributed by atoms with E-state index >= 15 is 0 Å². The highest BCUT2D eigenvalue weighted by atomic mass is 16.5. The van der Waals surface area contributed by atoms with Crippen LogP contribution in [0.1, 0.15) is 31.6 Å². The van der Waals surface area contributed by atoms with Crippen molar-refractivity contribution < 1.29 is 14.4 Å². The van der Waals surface area contributed by atoms with E-state index in [-0.39, 0.29) is 0 Å². The minimum Gasteiger partial charge on any atom is -0.480 e. The normalized spacial score (nSPS) is 28.5. The molecule has 82 valence electrons. The number of carboxylic acids is 1. The molecule has 0 bridgehead atoms. The highest BCUT2D eigenvalue weighted by Gasteiger charge is 2.55. The van der Waals surface area contributed by atoms with Gasteiger partial charge in [0, 0.05) is 11.0 Å². The van der Waals surface area contributed by atoms with Crippen LogP contribution in [-0.2, 0) is 16.8 Å². The van der Waals surface area contributed by atoms with E-state index in [1.54, 1.807) is 6.20 Å². The molecule has 1 atom stereocenters. The first kappa shape index (κ1) is 10.2. The van der Waals surface area contributed by atoms with Gasteiger partial charge in [-0.05, 0) is 12.8 Å². The lowest BCUT2D eigenvalue weighted by atomic mass is 9.64. The summed E-state index contributed by atoms with van der Waals surface area (Å²) in [5.74, 6) is -0.767. The molecule has 0 amide bonds. The summed E-state index contributed by atoms with van der Waals surface area (Å²) in [5.41, 5.74) is 4.80. The van der Waals surface area contributed by atoms with Gasteiger partial charge in [-0.25, -0.2) is 4.79 Å². The van der Waals surface area contributed by atoms with Crippen molar-refractivity contribution in [1.29, 1.82) is 0 Å². The number of aliphatic carboxylic acids is 1. The number of nitrogens with two attached hydrogens (primary N) is 1. The molecule has 5 heteroatoms. The van der Waals surface area contributed by atoms with Crippen molar-refractivity contribution in [2.45, 2.75) is 32.2 Å². The number of carbonyl (C=O) groups is 1. The number of aromatic nitrogens is 1. The van der Waals surface area contributed by atoms with Crippen LogP contribution in [0.15, 0.2) is 10.7 Å². The third-order valence-electron chi connectivity index (χ3n) is 3.43. The molecular weight excluding hydrogens is 196 g/mol. The van der Waals surface area contributed by atoms with Gasteiger partial charge in [0.2, 0.25) is 0 Å². The Morgan fingerprint density at radius 2 is 2.33 bits per heavy atom. The van der Waals surface area contributed by atoms with E-state index < -0.39 is 16.9 Å². The number of nitrogens with zero attached hydrogens (tertiary/aromatic N) is 1. The van der Waals surface area contributed by atoms with Crippen LogP contribution >= 0.6 is 0 Å². The summed E-state index contributed by atoms with van der Waals surface area (Å²) >= 11 is 0. The van der Waals surface area contributed by atoms with Gasteiger partial charge in [-0.15, -0.1) is 0 Å². The quantitative estimate of drug-likeness (QED) is 0.718. The predicted octanol–water partition coefficient (Wildman–Crippen LogP) is 0.886. The highest BCUT2D eigenvalue weighted by Crippen LogP contribution is 2.46. The van der Waals surface area contributed by atoms with Crippen LogP contribution in [0.25, 0.3) is 0 Å². The smallest absolute Gasteiger partial charge is 0.332 e. The second-order valence-corrected chi connectivity index (χ2v) is 4.68. The number of hydrogen-bond donors (Lipinski definition) is 2. The Morgan fingerprint density at radius 1 is 1.67 bits per heavy atom.